The largest absolute Gasteiger partial charge is 0.370 e. The van der Waals surface area contributed by atoms with Crippen molar-refractivity contribution >= 4 is 5.91 Å². The molecule has 0 saturated carbocycles. The Balaban J connectivity index is 2.03. The molecule has 1 fully saturated rings. The van der Waals surface area contributed by atoms with Crippen LogP contribution in [0.4, 0.5) is 0 Å². The number of nitrogens with two attached hydrogens (primary N) is 1. The third-order valence-corrected chi connectivity index (χ3v) is 2.92. The number of hydrogen-bond acceptors (Lipinski definition) is 4. The molecule has 0 aliphatic carbocycles. The van der Waals surface area contributed by atoms with Crippen LogP contribution >= 0.6 is 0 Å². The van der Waals surface area contributed by atoms with Gasteiger partial charge in [-0.15, -0.1) is 0 Å². The van der Waals surface area contributed by atoms with Crippen molar-refractivity contribution in [3.05, 3.63) is 0 Å². The molecule has 0 aromatic carbocycles. The van der Waals surface area contributed by atoms with Gasteiger partial charge in [0.05, 0.1) is 6.61 Å². The average Bonchev–Trinajstić information content (AvgIpc) is 2.29. The highest BCUT2D eigenvalue weighted by Gasteiger charge is 2.16. The van der Waals surface area contributed by atoms with Crippen molar-refractivity contribution in [2.45, 2.75) is 12.8 Å². The number of piperidine rings is 1. The fourth-order valence-electron chi connectivity index (χ4n) is 1.82. The summed E-state index contributed by atoms with van der Waals surface area (Å²) in [5.74, 6) is 0.585. The number of hydrogen-bond donors (Lipinski definition) is 2. The van der Waals surface area contributed by atoms with Gasteiger partial charge in [0.1, 0.15) is 6.61 Å². The smallest absolute Gasteiger partial charge is 0.246 e. The van der Waals surface area contributed by atoms with E-state index in [4.69, 9.17) is 10.5 Å². The van der Waals surface area contributed by atoms with E-state index in [1.165, 1.54) is 12.8 Å². The zero-order valence-corrected chi connectivity index (χ0v) is 10.1. The number of likely N-dealkylation sites (tertiary alicyclic amines) is 1. The first-order valence-electron chi connectivity index (χ1n) is 5.95. The Labute approximate surface area is 97.3 Å². The fraction of sp³-hybridized carbons (Fsp3) is 0.909. The van der Waals surface area contributed by atoms with Gasteiger partial charge in [0.25, 0.3) is 0 Å². The lowest BCUT2D eigenvalue weighted by molar-refractivity contribution is -0.125. The van der Waals surface area contributed by atoms with Crippen molar-refractivity contribution in [3.63, 3.8) is 0 Å². The SMILES string of the molecule is CN1CCC(CNC(=O)COCCN)CC1. The molecule has 0 atom stereocenters. The van der Waals surface area contributed by atoms with Crippen molar-refractivity contribution in [3.8, 4) is 0 Å². The Bertz CT molecular complexity index is 203. The predicted molar refractivity (Wildman–Crippen MR) is 63.1 cm³/mol. The Hall–Kier alpha value is -0.650. The molecule has 0 aromatic rings. The predicted octanol–water partition coefficient (Wildman–Crippen LogP) is -0.580. The normalized spacial score (nSPS) is 18.6. The minimum Gasteiger partial charge on any atom is -0.370 e. The van der Waals surface area contributed by atoms with Crippen molar-refractivity contribution in [2.75, 3.05) is 46.4 Å². The second kappa shape index (κ2) is 7.60. The molecule has 0 bridgehead atoms. The van der Waals surface area contributed by atoms with E-state index in [-0.39, 0.29) is 12.5 Å². The third kappa shape index (κ3) is 5.44. The number of carbonyl (C=O) groups excluding carboxylic acids is 1. The van der Waals surface area contributed by atoms with Crippen molar-refractivity contribution in [1.29, 1.82) is 0 Å². The fourth-order valence-corrected chi connectivity index (χ4v) is 1.82. The van der Waals surface area contributed by atoms with E-state index in [2.05, 4.69) is 17.3 Å². The van der Waals surface area contributed by atoms with E-state index in [1.54, 1.807) is 0 Å². The lowest BCUT2D eigenvalue weighted by Crippen LogP contribution is -2.38. The summed E-state index contributed by atoms with van der Waals surface area (Å²) >= 11 is 0. The van der Waals surface area contributed by atoms with Gasteiger partial charge in [-0.05, 0) is 38.9 Å². The summed E-state index contributed by atoms with van der Waals surface area (Å²) in [4.78, 5) is 13.7. The van der Waals surface area contributed by atoms with Crippen LogP contribution < -0.4 is 11.1 Å². The van der Waals surface area contributed by atoms with Gasteiger partial charge in [-0.25, -0.2) is 0 Å². The molecule has 16 heavy (non-hydrogen) atoms. The highest BCUT2D eigenvalue weighted by molar-refractivity contribution is 5.77. The first-order chi connectivity index (χ1) is 7.72. The summed E-state index contributed by atoms with van der Waals surface area (Å²) in [6, 6.07) is 0. The second-order valence-corrected chi connectivity index (χ2v) is 4.39. The minimum absolute atomic E-state index is 0.0348. The van der Waals surface area contributed by atoms with Crippen LogP contribution in [0.25, 0.3) is 0 Å². The summed E-state index contributed by atoms with van der Waals surface area (Å²) < 4.78 is 5.06. The van der Waals surface area contributed by atoms with Gasteiger partial charge in [0.2, 0.25) is 5.91 Å². The van der Waals surface area contributed by atoms with Crippen molar-refractivity contribution in [1.82, 2.24) is 10.2 Å². The zero-order chi connectivity index (χ0) is 11.8. The number of ether oxygens (including phenoxy) is 1. The summed E-state index contributed by atoms with van der Waals surface area (Å²) in [5, 5.41) is 2.90. The molecular formula is C11H23N3O2. The standard InChI is InChI=1S/C11H23N3O2/c1-14-5-2-10(3-6-14)8-13-11(15)9-16-7-4-12/h10H,2-9,12H2,1H3,(H,13,15). The maximum Gasteiger partial charge on any atom is 0.246 e. The lowest BCUT2D eigenvalue weighted by atomic mass is 9.97. The molecule has 3 N–H and O–H groups in total. The molecule has 0 spiro atoms. The Morgan fingerprint density at radius 2 is 2.19 bits per heavy atom. The zero-order valence-electron chi connectivity index (χ0n) is 10.1. The van der Waals surface area contributed by atoms with Crippen LogP contribution in [-0.2, 0) is 9.53 Å². The number of nitrogens with one attached hydrogen (secondary N) is 1. The van der Waals surface area contributed by atoms with E-state index in [0.717, 1.165) is 19.6 Å². The molecule has 1 aliphatic heterocycles. The van der Waals surface area contributed by atoms with Crippen LogP contribution in [0.1, 0.15) is 12.8 Å². The van der Waals surface area contributed by atoms with Gasteiger partial charge in [0.15, 0.2) is 0 Å². The van der Waals surface area contributed by atoms with E-state index < -0.39 is 0 Å². The molecule has 5 heteroatoms. The van der Waals surface area contributed by atoms with Crippen LogP contribution in [0.15, 0.2) is 0 Å². The van der Waals surface area contributed by atoms with Gasteiger partial charge in [-0.2, -0.15) is 0 Å². The lowest BCUT2D eigenvalue weighted by Gasteiger charge is -2.28. The first kappa shape index (κ1) is 13.4. The van der Waals surface area contributed by atoms with E-state index in [0.29, 0.717) is 19.1 Å². The Morgan fingerprint density at radius 3 is 2.81 bits per heavy atom. The van der Waals surface area contributed by atoms with E-state index in [9.17, 15) is 4.79 Å². The molecule has 94 valence electrons. The molecule has 5 nitrogen and oxygen atoms in total. The highest BCUT2D eigenvalue weighted by Crippen LogP contribution is 2.14. The average molecular weight is 229 g/mol. The van der Waals surface area contributed by atoms with Gasteiger partial charge in [-0.3, -0.25) is 4.79 Å². The molecule has 1 heterocycles. The van der Waals surface area contributed by atoms with Crippen LogP contribution in [-0.4, -0.2) is 57.2 Å². The molecular weight excluding hydrogens is 206 g/mol. The molecule has 0 radical (unpaired) electrons. The summed E-state index contributed by atoms with van der Waals surface area (Å²) in [5.41, 5.74) is 5.26. The quantitative estimate of drug-likeness (QED) is 0.598. The van der Waals surface area contributed by atoms with Gasteiger partial charge >= 0.3 is 0 Å². The first-order valence-corrected chi connectivity index (χ1v) is 5.95. The Morgan fingerprint density at radius 1 is 1.50 bits per heavy atom. The van der Waals surface area contributed by atoms with Crippen molar-refractivity contribution in [2.24, 2.45) is 11.7 Å². The van der Waals surface area contributed by atoms with Crippen LogP contribution in [0.5, 0.6) is 0 Å². The maximum atomic E-state index is 11.3. The van der Waals surface area contributed by atoms with Gasteiger partial charge < -0.3 is 20.7 Å². The van der Waals surface area contributed by atoms with Crippen molar-refractivity contribution < 1.29 is 9.53 Å². The molecule has 1 saturated heterocycles. The molecule has 0 aromatic heterocycles. The molecule has 1 aliphatic rings. The highest BCUT2D eigenvalue weighted by atomic mass is 16.5. The third-order valence-electron chi connectivity index (χ3n) is 2.92. The summed E-state index contributed by atoms with van der Waals surface area (Å²) in [7, 11) is 2.13. The Kier molecular flexibility index (Phi) is 6.37. The van der Waals surface area contributed by atoms with Gasteiger partial charge in [-0.1, -0.05) is 0 Å². The summed E-state index contributed by atoms with van der Waals surface area (Å²) in [6.07, 6.45) is 2.33. The van der Waals surface area contributed by atoms with E-state index >= 15 is 0 Å². The number of carbonyl (C=O) groups is 1. The summed E-state index contributed by atoms with van der Waals surface area (Å²) in [6.45, 7) is 4.07. The number of rotatable bonds is 6. The van der Waals surface area contributed by atoms with Gasteiger partial charge in [0, 0.05) is 13.1 Å². The number of amides is 1. The molecule has 1 rings (SSSR count). The van der Waals surface area contributed by atoms with E-state index in [1.807, 2.05) is 0 Å². The van der Waals surface area contributed by atoms with Crippen LogP contribution in [0.3, 0.4) is 0 Å². The topological polar surface area (TPSA) is 67.6 Å². The molecule has 1 amide bonds. The number of nitrogens with zero attached hydrogens (tertiary/aromatic N) is 1. The minimum atomic E-state index is -0.0348. The maximum absolute atomic E-state index is 11.3. The van der Waals surface area contributed by atoms with Crippen LogP contribution in [0, 0.1) is 5.92 Å². The molecule has 0 unspecified atom stereocenters. The second-order valence-electron chi connectivity index (χ2n) is 4.39. The van der Waals surface area contributed by atoms with Crippen LogP contribution in [0.2, 0.25) is 0 Å². The monoisotopic (exact) mass is 229 g/mol.